The summed E-state index contributed by atoms with van der Waals surface area (Å²) in [5.74, 6) is 0.577. The second-order valence-electron chi connectivity index (χ2n) is 4.43. The second-order valence-corrected chi connectivity index (χ2v) is 4.43. The Hall–Kier alpha value is -1.78. The maximum atomic E-state index is 11.5. The van der Waals surface area contributed by atoms with Crippen LogP contribution in [0.15, 0.2) is 12.3 Å². The summed E-state index contributed by atoms with van der Waals surface area (Å²) < 4.78 is 4.67. The monoisotopic (exact) mass is 251 g/mol. The molecule has 0 aliphatic carbocycles. The van der Waals surface area contributed by atoms with Gasteiger partial charge in [-0.1, -0.05) is 20.3 Å². The Bertz CT molecular complexity index is 421. The first-order chi connectivity index (χ1) is 8.51. The van der Waals surface area contributed by atoms with E-state index in [1.807, 2.05) is 0 Å². The Labute approximate surface area is 108 Å². The van der Waals surface area contributed by atoms with Crippen LogP contribution in [0.3, 0.4) is 0 Å². The van der Waals surface area contributed by atoms with Crippen LogP contribution >= 0.6 is 0 Å². The van der Waals surface area contributed by atoms with Crippen LogP contribution in [-0.2, 0) is 4.74 Å². The molecule has 0 aliphatic rings. The number of ether oxygens (including phenoxy) is 1. The number of nitrogen functional groups attached to an aromatic ring is 1. The largest absolute Gasteiger partial charge is 0.465 e. The molecule has 1 aromatic heterocycles. The highest BCUT2D eigenvalue weighted by Gasteiger charge is 2.16. The number of nitrogens with two attached hydrogens (primary N) is 1. The number of hydrogen-bond acceptors (Lipinski definition) is 5. The highest BCUT2D eigenvalue weighted by Crippen LogP contribution is 2.23. The average molecular weight is 251 g/mol. The predicted octanol–water partition coefficient (Wildman–Crippen LogP) is 2.30. The Morgan fingerprint density at radius 2 is 2.22 bits per heavy atom. The van der Waals surface area contributed by atoms with Crippen molar-refractivity contribution in [1.82, 2.24) is 4.98 Å². The first kappa shape index (κ1) is 14.3. The van der Waals surface area contributed by atoms with Crippen molar-refractivity contribution in [2.24, 2.45) is 5.92 Å². The quantitative estimate of drug-likeness (QED) is 0.785. The van der Waals surface area contributed by atoms with Crippen molar-refractivity contribution in [3.8, 4) is 0 Å². The van der Waals surface area contributed by atoms with Crippen LogP contribution in [0.1, 0.15) is 37.6 Å². The number of nitrogens with one attached hydrogen (secondary N) is 1. The van der Waals surface area contributed by atoms with Crippen LogP contribution in [-0.4, -0.2) is 24.1 Å². The maximum absolute atomic E-state index is 11.5. The third kappa shape index (κ3) is 3.12. The van der Waals surface area contributed by atoms with Crippen molar-refractivity contribution in [3.63, 3.8) is 0 Å². The van der Waals surface area contributed by atoms with Gasteiger partial charge in [-0.25, -0.2) is 9.78 Å². The van der Waals surface area contributed by atoms with E-state index in [1.54, 1.807) is 12.3 Å². The van der Waals surface area contributed by atoms with Gasteiger partial charge in [0.05, 0.1) is 18.4 Å². The first-order valence-electron chi connectivity index (χ1n) is 6.10. The van der Waals surface area contributed by atoms with Crippen LogP contribution < -0.4 is 11.1 Å². The van der Waals surface area contributed by atoms with E-state index in [4.69, 9.17) is 5.73 Å². The highest BCUT2D eigenvalue weighted by atomic mass is 16.5. The zero-order chi connectivity index (χ0) is 13.7. The molecule has 1 aromatic rings. The van der Waals surface area contributed by atoms with Crippen LogP contribution in [0.25, 0.3) is 0 Å². The number of anilines is 2. The molecule has 0 saturated carbocycles. The Balaban J connectivity index is 2.94. The van der Waals surface area contributed by atoms with Crippen LogP contribution in [0, 0.1) is 5.92 Å². The van der Waals surface area contributed by atoms with Gasteiger partial charge in [0, 0.05) is 12.2 Å². The average Bonchev–Trinajstić information content (AvgIpc) is 2.39. The molecular weight excluding hydrogens is 230 g/mol. The molecule has 0 aliphatic heterocycles. The van der Waals surface area contributed by atoms with Crippen molar-refractivity contribution in [1.29, 1.82) is 0 Å². The Morgan fingerprint density at radius 3 is 2.78 bits per heavy atom. The van der Waals surface area contributed by atoms with Gasteiger partial charge in [-0.05, 0) is 18.9 Å². The summed E-state index contributed by atoms with van der Waals surface area (Å²) in [7, 11) is 1.33. The summed E-state index contributed by atoms with van der Waals surface area (Å²) in [5.41, 5.74) is 6.60. The number of esters is 1. The molecule has 1 rings (SSSR count). The minimum atomic E-state index is -0.450. The molecule has 0 spiro atoms. The van der Waals surface area contributed by atoms with Gasteiger partial charge in [0.15, 0.2) is 0 Å². The minimum absolute atomic E-state index is 0.234. The molecule has 0 amide bonds. The Morgan fingerprint density at radius 1 is 1.56 bits per heavy atom. The van der Waals surface area contributed by atoms with E-state index in [0.717, 1.165) is 6.42 Å². The second kappa shape index (κ2) is 6.23. The smallest absolute Gasteiger partial charge is 0.340 e. The highest BCUT2D eigenvalue weighted by molar-refractivity contribution is 5.97. The number of hydrogen-bond donors (Lipinski definition) is 2. The molecule has 3 N–H and O–H groups in total. The van der Waals surface area contributed by atoms with Gasteiger partial charge in [0.1, 0.15) is 5.82 Å². The van der Waals surface area contributed by atoms with Gasteiger partial charge in [-0.2, -0.15) is 0 Å². The summed E-state index contributed by atoms with van der Waals surface area (Å²) >= 11 is 0. The van der Waals surface area contributed by atoms with Gasteiger partial charge in [-0.15, -0.1) is 0 Å². The number of pyridine rings is 1. The molecule has 0 bridgehead atoms. The molecule has 5 nitrogen and oxygen atoms in total. The van der Waals surface area contributed by atoms with E-state index in [9.17, 15) is 4.79 Å². The predicted molar refractivity (Wildman–Crippen MR) is 72.5 cm³/mol. The molecular formula is C13H21N3O2. The zero-order valence-corrected chi connectivity index (χ0v) is 11.4. The van der Waals surface area contributed by atoms with Crippen molar-refractivity contribution in [2.75, 3.05) is 18.2 Å². The fourth-order valence-corrected chi connectivity index (χ4v) is 1.59. The third-order valence-electron chi connectivity index (χ3n) is 3.26. The zero-order valence-electron chi connectivity index (χ0n) is 11.4. The van der Waals surface area contributed by atoms with E-state index < -0.39 is 5.97 Å². The van der Waals surface area contributed by atoms with E-state index in [0.29, 0.717) is 23.0 Å². The van der Waals surface area contributed by atoms with Crippen molar-refractivity contribution in [2.45, 2.75) is 33.2 Å². The minimum Gasteiger partial charge on any atom is -0.465 e. The van der Waals surface area contributed by atoms with E-state index in [1.165, 1.54) is 7.11 Å². The number of carbonyl (C=O) groups is 1. The topological polar surface area (TPSA) is 77.2 Å². The molecule has 18 heavy (non-hydrogen) atoms. The Kier molecular flexibility index (Phi) is 4.95. The first-order valence-corrected chi connectivity index (χ1v) is 6.10. The van der Waals surface area contributed by atoms with Gasteiger partial charge in [-0.3, -0.25) is 0 Å². The fourth-order valence-electron chi connectivity index (χ4n) is 1.59. The number of methoxy groups -OCH3 is 1. The number of nitrogens with zero attached hydrogens (tertiary/aromatic N) is 1. The standard InChI is InChI=1S/C13H21N3O2/c1-5-8(2)9(3)16-12-11(14)10(6-7-15-12)13(17)18-4/h6-9H,5,14H2,1-4H3,(H,15,16). The summed E-state index contributed by atoms with van der Waals surface area (Å²) in [5, 5.41) is 3.24. The molecule has 0 radical (unpaired) electrons. The molecule has 5 heteroatoms. The maximum Gasteiger partial charge on any atom is 0.340 e. The molecule has 0 aromatic carbocycles. The van der Waals surface area contributed by atoms with Gasteiger partial charge >= 0.3 is 5.97 Å². The summed E-state index contributed by atoms with van der Waals surface area (Å²) in [4.78, 5) is 15.7. The lowest BCUT2D eigenvalue weighted by Gasteiger charge is -2.21. The van der Waals surface area contributed by atoms with E-state index >= 15 is 0 Å². The lowest BCUT2D eigenvalue weighted by Crippen LogP contribution is -2.25. The molecule has 2 atom stereocenters. The van der Waals surface area contributed by atoms with Crippen LogP contribution in [0.2, 0.25) is 0 Å². The van der Waals surface area contributed by atoms with Crippen molar-refractivity contribution in [3.05, 3.63) is 17.8 Å². The molecule has 100 valence electrons. The number of aromatic nitrogens is 1. The normalized spacial score (nSPS) is 13.8. The lowest BCUT2D eigenvalue weighted by atomic mass is 10.0. The summed E-state index contributed by atoms with van der Waals surface area (Å²) in [6, 6.07) is 1.79. The van der Waals surface area contributed by atoms with Crippen molar-refractivity contribution < 1.29 is 9.53 Å². The number of rotatable bonds is 5. The van der Waals surface area contributed by atoms with Crippen LogP contribution in [0.4, 0.5) is 11.5 Å². The van der Waals surface area contributed by atoms with Crippen molar-refractivity contribution >= 4 is 17.5 Å². The summed E-state index contributed by atoms with van der Waals surface area (Å²) in [6.45, 7) is 6.35. The number of carbonyl (C=O) groups excluding carboxylic acids is 1. The van der Waals surface area contributed by atoms with E-state index in [-0.39, 0.29) is 6.04 Å². The summed E-state index contributed by atoms with van der Waals surface area (Å²) in [6.07, 6.45) is 2.61. The molecule has 2 unspecified atom stereocenters. The lowest BCUT2D eigenvalue weighted by molar-refractivity contribution is 0.0602. The third-order valence-corrected chi connectivity index (χ3v) is 3.26. The molecule has 0 fully saturated rings. The fraction of sp³-hybridized carbons (Fsp3) is 0.538. The van der Waals surface area contributed by atoms with E-state index in [2.05, 4.69) is 35.8 Å². The molecule has 1 heterocycles. The van der Waals surface area contributed by atoms with Crippen LogP contribution in [0.5, 0.6) is 0 Å². The molecule has 0 saturated heterocycles. The van der Waals surface area contributed by atoms with Gasteiger partial charge in [0.25, 0.3) is 0 Å². The SMILES string of the molecule is CCC(C)C(C)Nc1nccc(C(=O)OC)c1N. The van der Waals surface area contributed by atoms with Gasteiger partial charge < -0.3 is 15.8 Å². The van der Waals surface area contributed by atoms with Gasteiger partial charge in [0.2, 0.25) is 0 Å².